The van der Waals surface area contributed by atoms with Crippen LogP contribution in [0.15, 0.2) is 24.3 Å². The number of aliphatic hydroxyl groups is 1. The van der Waals surface area contributed by atoms with Crippen LogP contribution in [0.4, 0.5) is 0 Å². The van der Waals surface area contributed by atoms with Gasteiger partial charge >= 0.3 is 5.97 Å². The highest BCUT2D eigenvalue weighted by atomic mass is 16.5. The number of hydrogen-bond donors (Lipinski definition) is 2. The third kappa shape index (κ3) is 5.38. The van der Waals surface area contributed by atoms with Gasteiger partial charge in [-0.25, -0.2) is 4.79 Å². The molecule has 1 aromatic carbocycles. The molecule has 0 aromatic heterocycles. The summed E-state index contributed by atoms with van der Waals surface area (Å²) in [7, 11) is 3.00. The molecular weight excluding hydrogens is 246 g/mol. The molecule has 0 amide bonds. The summed E-state index contributed by atoms with van der Waals surface area (Å²) in [5.74, 6) is -0.340. The fraction of sp³-hybridized carbons (Fsp3) is 0.500. The minimum absolute atomic E-state index is 0.0141. The largest absolute Gasteiger partial charge is 0.465 e. The van der Waals surface area contributed by atoms with Crippen molar-refractivity contribution >= 4 is 5.97 Å². The van der Waals surface area contributed by atoms with Crippen molar-refractivity contribution in [2.45, 2.75) is 19.0 Å². The molecule has 0 aliphatic heterocycles. The van der Waals surface area contributed by atoms with Crippen LogP contribution in [0.5, 0.6) is 0 Å². The number of methoxy groups -OCH3 is 2. The molecule has 0 spiro atoms. The fourth-order valence-electron chi connectivity index (χ4n) is 1.66. The molecule has 106 valence electrons. The molecule has 5 heteroatoms. The third-order valence-electron chi connectivity index (χ3n) is 2.86. The van der Waals surface area contributed by atoms with Crippen molar-refractivity contribution in [2.24, 2.45) is 0 Å². The zero-order valence-corrected chi connectivity index (χ0v) is 11.4. The van der Waals surface area contributed by atoms with Crippen molar-refractivity contribution in [3.8, 4) is 0 Å². The first-order chi connectivity index (χ1) is 9.21. The van der Waals surface area contributed by atoms with Gasteiger partial charge in [-0.05, 0) is 24.1 Å². The van der Waals surface area contributed by atoms with Gasteiger partial charge in [0.1, 0.15) is 0 Å². The molecule has 1 atom stereocenters. The van der Waals surface area contributed by atoms with Gasteiger partial charge in [0, 0.05) is 26.3 Å². The lowest BCUT2D eigenvalue weighted by Crippen LogP contribution is -2.33. The van der Waals surface area contributed by atoms with E-state index in [1.807, 2.05) is 12.1 Å². The van der Waals surface area contributed by atoms with E-state index in [0.29, 0.717) is 18.7 Å². The predicted molar refractivity (Wildman–Crippen MR) is 72.0 cm³/mol. The highest BCUT2D eigenvalue weighted by Gasteiger charge is 2.07. The normalized spacial score (nSPS) is 12.2. The maximum absolute atomic E-state index is 11.3. The molecule has 0 saturated heterocycles. The number of hydrogen-bond acceptors (Lipinski definition) is 5. The Hall–Kier alpha value is -1.43. The summed E-state index contributed by atoms with van der Waals surface area (Å²) < 4.78 is 9.61. The lowest BCUT2D eigenvalue weighted by molar-refractivity contribution is 0.0600. The highest BCUT2D eigenvalue weighted by Crippen LogP contribution is 2.06. The van der Waals surface area contributed by atoms with Crippen molar-refractivity contribution < 1.29 is 19.4 Å². The van der Waals surface area contributed by atoms with Gasteiger partial charge in [-0.3, -0.25) is 0 Å². The average molecular weight is 267 g/mol. The molecule has 0 fully saturated rings. The van der Waals surface area contributed by atoms with E-state index in [1.54, 1.807) is 19.2 Å². The van der Waals surface area contributed by atoms with Gasteiger partial charge in [-0.2, -0.15) is 0 Å². The van der Waals surface area contributed by atoms with Gasteiger partial charge in [0.05, 0.1) is 19.3 Å². The van der Waals surface area contributed by atoms with Crippen molar-refractivity contribution in [1.29, 1.82) is 0 Å². The Bertz CT molecular complexity index is 378. The lowest BCUT2D eigenvalue weighted by Gasteiger charge is -2.15. The van der Waals surface area contributed by atoms with Crippen molar-refractivity contribution in [3.05, 3.63) is 35.4 Å². The first kappa shape index (κ1) is 15.6. The van der Waals surface area contributed by atoms with E-state index in [2.05, 4.69) is 10.1 Å². The van der Waals surface area contributed by atoms with Gasteiger partial charge in [-0.15, -0.1) is 0 Å². The summed E-state index contributed by atoms with van der Waals surface area (Å²) in [6, 6.07) is 7.20. The molecule has 0 radical (unpaired) electrons. The Morgan fingerprint density at radius 2 is 2.00 bits per heavy atom. The van der Waals surface area contributed by atoms with E-state index in [4.69, 9.17) is 4.74 Å². The lowest BCUT2D eigenvalue weighted by atomic mass is 10.1. The SMILES string of the molecule is COCCC(CO)NCc1ccc(C(=O)OC)cc1. The van der Waals surface area contributed by atoms with E-state index in [0.717, 1.165) is 12.0 Å². The van der Waals surface area contributed by atoms with Crippen LogP contribution in [0.25, 0.3) is 0 Å². The van der Waals surface area contributed by atoms with Gasteiger partial charge in [-0.1, -0.05) is 12.1 Å². The van der Waals surface area contributed by atoms with Crippen LogP contribution in [-0.2, 0) is 16.0 Å². The Morgan fingerprint density at radius 3 is 2.53 bits per heavy atom. The fourth-order valence-corrected chi connectivity index (χ4v) is 1.66. The predicted octanol–water partition coefficient (Wildman–Crippen LogP) is 0.960. The summed E-state index contributed by atoms with van der Waals surface area (Å²) in [5.41, 5.74) is 1.58. The first-order valence-corrected chi connectivity index (χ1v) is 6.21. The number of rotatable bonds is 8. The summed E-state index contributed by atoms with van der Waals surface area (Å²) in [4.78, 5) is 11.3. The summed E-state index contributed by atoms with van der Waals surface area (Å²) in [6.07, 6.45) is 0.757. The molecule has 0 heterocycles. The molecule has 0 saturated carbocycles. The number of benzene rings is 1. The highest BCUT2D eigenvalue weighted by molar-refractivity contribution is 5.89. The number of esters is 1. The van der Waals surface area contributed by atoms with Crippen LogP contribution in [-0.4, -0.2) is 44.6 Å². The minimum Gasteiger partial charge on any atom is -0.465 e. The summed E-state index contributed by atoms with van der Waals surface area (Å²) in [5, 5.41) is 12.4. The molecule has 1 rings (SSSR count). The topological polar surface area (TPSA) is 67.8 Å². The van der Waals surface area contributed by atoms with Crippen molar-refractivity contribution in [1.82, 2.24) is 5.32 Å². The van der Waals surface area contributed by atoms with E-state index < -0.39 is 0 Å². The number of nitrogens with one attached hydrogen (secondary N) is 1. The van der Waals surface area contributed by atoms with Crippen LogP contribution in [0.2, 0.25) is 0 Å². The maximum Gasteiger partial charge on any atom is 0.337 e. The van der Waals surface area contributed by atoms with Crippen molar-refractivity contribution in [2.75, 3.05) is 27.4 Å². The smallest absolute Gasteiger partial charge is 0.337 e. The van der Waals surface area contributed by atoms with Crippen LogP contribution in [0.1, 0.15) is 22.3 Å². The number of ether oxygens (including phenoxy) is 2. The Labute approximate surface area is 113 Å². The molecule has 0 aliphatic carbocycles. The molecule has 0 aliphatic rings. The second-order valence-corrected chi connectivity index (χ2v) is 4.23. The van der Waals surface area contributed by atoms with Crippen LogP contribution >= 0.6 is 0 Å². The quantitative estimate of drug-likeness (QED) is 0.687. The standard InChI is InChI=1S/C14H21NO4/c1-18-8-7-13(10-16)15-9-11-3-5-12(6-4-11)14(17)19-2/h3-6,13,15-16H,7-10H2,1-2H3. The molecule has 2 N–H and O–H groups in total. The molecular formula is C14H21NO4. The number of carbonyl (C=O) groups is 1. The monoisotopic (exact) mass is 267 g/mol. The Kier molecular flexibility index (Phi) is 7.10. The molecule has 19 heavy (non-hydrogen) atoms. The average Bonchev–Trinajstić information content (AvgIpc) is 2.47. The third-order valence-corrected chi connectivity index (χ3v) is 2.86. The zero-order valence-electron chi connectivity index (χ0n) is 11.4. The van der Waals surface area contributed by atoms with E-state index in [9.17, 15) is 9.90 Å². The van der Waals surface area contributed by atoms with Gasteiger partial charge in [0.2, 0.25) is 0 Å². The van der Waals surface area contributed by atoms with Crippen LogP contribution in [0.3, 0.4) is 0 Å². The summed E-state index contributed by atoms with van der Waals surface area (Å²) in [6.45, 7) is 1.32. The van der Waals surface area contributed by atoms with E-state index in [1.165, 1.54) is 7.11 Å². The second kappa shape index (κ2) is 8.63. The van der Waals surface area contributed by atoms with Gasteiger partial charge in [0.15, 0.2) is 0 Å². The van der Waals surface area contributed by atoms with Crippen LogP contribution in [0, 0.1) is 0 Å². The molecule has 1 aromatic rings. The number of aliphatic hydroxyl groups excluding tert-OH is 1. The zero-order chi connectivity index (χ0) is 14.1. The van der Waals surface area contributed by atoms with Gasteiger partial charge < -0.3 is 19.9 Å². The first-order valence-electron chi connectivity index (χ1n) is 6.21. The molecule has 1 unspecified atom stereocenters. The Morgan fingerprint density at radius 1 is 1.32 bits per heavy atom. The van der Waals surface area contributed by atoms with E-state index >= 15 is 0 Å². The number of carbonyl (C=O) groups excluding carboxylic acids is 1. The van der Waals surface area contributed by atoms with Gasteiger partial charge in [0.25, 0.3) is 0 Å². The maximum atomic E-state index is 11.3. The van der Waals surface area contributed by atoms with Crippen molar-refractivity contribution in [3.63, 3.8) is 0 Å². The van der Waals surface area contributed by atoms with Crippen LogP contribution < -0.4 is 5.32 Å². The molecule has 0 bridgehead atoms. The second-order valence-electron chi connectivity index (χ2n) is 4.23. The summed E-state index contributed by atoms with van der Waals surface area (Å²) >= 11 is 0. The minimum atomic E-state index is -0.340. The Balaban J connectivity index is 2.46. The molecule has 5 nitrogen and oxygen atoms in total. The van der Waals surface area contributed by atoms with E-state index in [-0.39, 0.29) is 18.6 Å².